The molecule has 0 fully saturated rings. The highest BCUT2D eigenvalue weighted by Gasteiger charge is 2.04. The van der Waals surface area contributed by atoms with Crippen LogP contribution >= 0.6 is 35.7 Å². The van der Waals surface area contributed by atoms with Crippen LogP contribution in [-0.2, 0) is 6.42 Å². The van der Waals surface area contributed by atoms with Gasteiger partial charge in [0.1, 0.15) is 0 Å². The van der Waals surface area contributed by atoms with E-state index in [0.29, 0.717) is 5.56 Å². The van der Waals surface area contributed by atoms with Gasteiger partial charge in [0.05, 0.1) is 0 Å². The summed E-state index contributed by atoms with van der Waals surface area (Å²) < 4.78 is 0. The Kier molecular flexibility index (Phi) is 14.7. The fourth-order valence-electron chi connectivity index (χ4n) is 2.23. The minimum Gasteiger partial charge on any atom is -0.357 e. The van der Waals surface area contributed by atoms with Gasteiger partial charge in [0.2, 0.25) is 0 Å². The SMILES string of the molecule is CCNC(=NCCCCSC)NCCc1cccc(C(=O)NC)c1.I. The van der Waals surface area contributed by atoms with E-state index in [1.54, 1.807) is 7.05 Å². The van der Waals surface area contributed by atoms with Gasteiger partial charge in [-0.3, -0.25) is 9.79 Å². The number of aliphatic imine (C=N–C) groups is 1. The van der Waals surface area contributed by atoms with Crippen molar-refractivity contribution in [2.45, 2.75) is 26.2 Å². The number of hydrogen-bond acceptors (Lipinski definition) is 3. The Hall–Kier alpha value is -0.960. The molecule has 0 unspecified atom stereocenters. The first kappa shape index (κ1) is 24.0. The summed E-state index contributed by atoms with van der Waals surface area (Å²) in [6, 6.07) is 7.73. The Bertz CT molecular complexity index is 526. The second-order valence-electron chi connectivity index (χ2n) is 5.42. The number of amides is 1. The molecule has 0 spiro atoms. The molecule has 142 valence electrons. The number of benzene rings is 1. The van der Waals surface area contributed by atoms with E-state index < -0.39 is 0 Å². The zero-order valence-electron chi connectivity index (χ0n) is 15.4. The summed E-state index contributed by atoms with van der Waals surface area (Å²) in [6.45, 7) is 4.55. The third-order valence-electron chi connectivity index (χ3n) is 3.49. The van der Waals surface area contributed by atoms with Gasteiger partial charge >= 0.3 is 0 Å². The van der Waals surface area contributed by atoms with Gasteiger partial charge in [-0.1, -0.05) is 12.1 Å². The first-order valence-corrected chi connectivity index (χ1v) is 9.92. The van der Waals surface area contributed by atoms with Gasteiger partial charge in [0.15, 0.2) is 5.96 Å². The highest BCUT2D eigenvalue weighted by atomic mass is 127. The fraction of sp³-hybridized carbons (Fsp3) is 0.556. The molecule has 0 atom stereocenters. The molecule has 0 heterocycles. The first-order valence-electron chi connectivity index (χ1n) is 8.53. The lowest BCUT2D eigenvalue weighted by molar-refractivity contribution is 0.0963. The van der Waals surface area contributed by atoms with Crippen LogP contribution in [0.1, 0.15) is 35.7 Å². The smallest absolute Gasteiger partial charge is 0.251 e. The topological polar surface area (TPSA) is 65.5 Å². The molecule has 0 aliphatic carbocycles. The van der Waals surface area contributed by atoms with Crippen molar-refractivity contribution in [2.75, 3.05) is 38.7 Å². The Morgan fingerprint density at radius 1 is 1.24 bits per heavy atom. The lowest BCUT2D eigenvalue weighted by Gasteiger charge is -2.11. The van der Waals surface area contributed by atoms with E-state index in [2.05, 4.69) is 34.1 Å². The summed E-state index contributed by atoms with van der Waals surface area (Å²) in [5.41, 5.74) is 1.84. The van der Waals surface area contributed by atoms with Gasteiger partial charge in [-0.15, -0.1) is 24.0 Å². The number of halogens is 1. The number of nitrogens with zero attached hydrogens (tertiary/aromatic N) is 1. The average Bonchev–Trinajstić information content (AvgIpc) is 2.61. The number of nitrogens with one attached hydrogen (secondary N) is 3. The molecular formula is C18H31IN4OS. The van der Waals surface area contributed by atoms with Crippen LogP contribution < -0.4 is 16.0 Å². The molecule has 0 saturated carbocycles. The van der Waals surface area contributed by atoms with Crippen molar-refractivity contribution in [3.05, 3.63) is 35.4 Å². The average molecular weight is 478 g/mol. The van der Waals surface area contributed by atoms with Crippen LogP contribution in [0.5, 0.6) is 0 Å². The molecule has 1 aromatic carbocycles. The van der Waals surface area contributed by atoms with Crippen molar-refractivity contribution in [3.8, 4) is 0 Å². The number of guanidine groups is 1. The number of unbranched alkanes of at least 4 members (excludes halogenated alkanes) is 1. The predicted octanol–water partition coefficient (Wildman–Crippen LogP) is 2.91. The molecule has 5 nitrogen and oxygen atoms in total. The Morgan fingerprint density at radius 3 is 2.72 bits per heavy atom. The standard InChI is InChI=1S/C18H30N4OS.HI/c1-4-20-18(21-11-5-6-13-24-3)22-12-10-15-8-7-9-16(14-15)17(23)19-2;/h7-9,14H,4-6,10-13H2,1-3H3,(H,19,23)(H2,20,21,22);1H. The van der Waals surface area contributed by atoms with Gasteiger partial charge < -0.3 is 16.0 Å². The van der Waals surface area contributed by atoms with Crippen LogP contribution in [0.25, 0.3) is 0 Å². The molecule has 1 amide bonds. The zero-order valence-corrected chi connectivity index (χ0v) is 18.6. The summed E-state index contributed by atoms with van der Waals surface area (Å²) in [5.74, 6) is 2.01. The van der Waals surface area contributed by atoms with Crippen molar-refractivity contribution < 1.29 is 4.79 Å². The fourth-order valence-corrected chi connectivity index (χ4v) is 2.72. The molecule has 1 rings (SSSR count). The van der Waals surface area contributed by atoms with E-state index in [1.807, 2.05) is 36.0 Å². The van der Waals surface area contributed by atoms with E-state index in [1.165, 1.54) is 12.2 Å². The van der Waals surface area contributed by atoms with E-state index in [-0.39, 0.29) is 29.9 Å². The van der Waals surface area contributed by atoms with Crippen LogP contribution in [0, 0.1) is 0 Å². The normalized spacial score (nSPS) is 10.8. The van der Waals surface area contributed by atoms with Gasteiger partial charge in [-0.25, -0.2) is 0 Å². The number of carbonyl (C=O) groups is 1. The molecule has 0 aromatic heterocycles. The minimum atomic E-state index is -0.0510. The van der Waals surface area contributed by atoms with Crippen molar-refractivity contribution in [2.24, 2.45) is 4.99 Å². The Morgan fingerprint density at radius 2 is 2.04 bits per heavy atom. The predicted molar refractivity (Wildman–Crippen MR) is 121 cm³/mol. The second kappa shape index (κ2) is 15.3. The Labute approximate surface area is 173 Å². The molecule has 0 bridgehead atoms. The molecule has 25 heavy (non-hydrogen) atoms. The van der Waals surface area contributed by atoms with Crippen molar-refractivity contribution in [1.29, 1.82) is 0 Å². The molecule has 0 saturated heterocycles. The molecule has 0 radical (unpaired) electrons. The first-order chi connectivity index (χ1) is 11.7. The van der Waals surface area contributed by atoms with Crippen LogP contribution in [-0.4, -0.2) is 50.6 Å². The van der Waals surface area contributed by atoms with E-state index in [4.69, 9.17) is 0 Å². The summed E-state index contributed by atoms with van der Waals surface area (Å²) >= 11 is 1.88. The highest BCUT2D eigenvalue weighted by Crippen LogP contribution is 2.05. The molecule has 0 aliphatic rings. The largest absolute Gasteiger partial charge is 0.357 e. The summed E-state index contributed by atoms with van der Waals surface area (Å²) in [5, 5.41) is 9.28. The number of thioether (sulfide) groups is 1. The van der Waals surface area contributed by atoms with Crippen LogP contribution in [0.4, 0.5) is 0 Å². The number of hydrogen-bond donors (Lipinski definition) is 3. The maximum atomic E-state index is 11.7. The lowest BCUT2D eigenvalue weighted by Crippen LogP contribution is -2.38. The van der Waals surface area contributed by atoms with Crippen molar-refractivity contribution in [3.63, 3.8) is 0 Å². The van der Waals surface area contributed by atoms with Crippen molar-refractivity contribution in [1.82, 2.24) is 16.0 Å². The van der Waals surface area contributed by atoms with E-state index in [9.17, 15) is 4.79 Å². The van der Waals surface area contributed by atoms with E-state index in [0.717, 1.165) is 44.0 Å². The highest BCUT2D eigenvalue weighted by molar-refractivity contribution is 14.0. The van der Waals surface area contributed by atoms with Crippen LogP contribution in [0.15, 0.2) is 29.3 Å². The maximum absolute atomic E-state index is 11.7. The summed E-state index contributed by atoms with van der Waals surface area (Å²) in [6.07, 6.45) is 5.30. The third kappa shape index (κ3) is 10.6. The second-order valence-corrected chi connectivity index (χ2v) is 6.40. The quantitative estimate of drug-likeness (QED) is 0.210. The number of carbonyl (C=O) groups excluding carboxylic acids is 1. The number of rotatable bonds is 10. The zero-order chi connectivity index (χ0) is 17.6. The summed E-state index contributed by atoms with van der Waals surface area (Å²) in [4.78, 5) is 16.3. The monoisotopic (exact) mass is 478 g/mol. The van der Waals surface area contributed by atoms with Crippen LogP contribution in [0.3, 0.4) is 0 Å². The summed E-state index contributed by atoms with van der Waals surface area (Å²) in [7, 11) is 1.65. The van der Waals surface area contributed by atoms with Crippen molar-refractivity contribution >= 4 is 47.6 Å². The molecule has 7 heteroatoms. The van der Waals surface area contributed by atoms with Gasteiger partial charge in [0, 0.05) is 32.2 Å². The lowest BCUT2D eigenvalue weighted by atomic mass is 10.1. The van der Waals surface area contributed by atoms with Gasteiger partial charge in [0.25, 0.3) is 5.91 Å². The van der Waals surface area contributed by atoms with Crippen LogP contribution in [0.2, 0.25) is 0 Å². The van der Waals surface area contributed by atoms with E-state index >= 15 is 0 Å². The van der Waals surface area contributed by atoms with Gasteiger partial charge in [-0.05, 0) is 55.9 Å². The molecule has 1 aromatic rings. The van der Waals surface area contributed by atoms with Gasteiger partial charge in [-0.2, -0.15) is 11.8 Å². The molecular weight excluding hydrogens is 447 g/mol. The molecule has 3 N–H and O–H groups in total. The maximum Gasteiger partial charge on any atom is 0.251 e. The molecule has 0 aliphatic heterocycles. The third-order valence-corrected chi connectivity index (χ3v) is 4.19. The Balaban J connectivity index is 0.00000576. The minimum absolute atomic E-state index is 0.